The molecule has 0 N–H and O–H groups in total. The molecule has 4 fully saturated rings. The Bertz CT molecular complexity index is 233. The van der Waals surface area contributed by atoms with Crippen molar-refractivity contribution in [3.8, 4) is 0 Å². The summed E-state index contributed by atoms with van der Waals surface area (Å²) in [5.74, 6) is 3.31. The van der Waals surface area contributed by atoms with E-state index in [1.165, 1.54) is 6.54 Å². The molecule has 92 valence electrons. The van der Waals surface area contributed by atoms with Gasteiger partial charge in [-0.1, -0.05) is 0 Å². The molecule has 4 aliphatic rings. The van der Waals surface area contributed by atoms with Crippen molar-refractivity contribution in [3.05, 3.63) is 0 Å². The summed E-state index contributed by atoms with van der Waals surface area (Å²) in [6.07, 6.45) is 9.38. The van der Waals surface area contributed by atoms with Crippen LogP contribution in [0.5, 0.6) is 0 Å². The molecule has 0 aromatic rings. The van der Waals surface area contributed by atoms with Crippen LogP contribution in [0.25, 0.3) is 0 Å². The third-order valence-electron chi connectivity index (χ3n) is 5.63. The Morgan fingerprint density at radius 2 is 1.44 bits per heavy atom. The molecule has 16 heavy (non-hydrogen) atoms. The van der Waals surface area contributed by atoms with E-state index in [-0.39, 0.29) is 0 Å². The Balaban J connectivity index is 1.73. The summed E-state index contributed by atoms with van der Waals surface area (Å²) < 4.78 is 0. The molecule has 4 aliphatic carbocycles. The van der Waals surface area contributed by atoms with Gasteiger partial charge in [0.2, 0.25) is 0 Å². The van der Waals surface area contributed by atoms with Crippen LogP contribution in [0.1, 0.15) is 52.4 Å². The van der Waals surface area contributed by atoms with E-state index in [1.54, 1.807) is 38.5 Å². The van der Waals surface area contributed by atoms with Crippen molar-refractivity contribution in [2.75, 3.05) is 13.6 Å². The molecule has 4 bridgehead atoms. The molecule has 4 rings (SSSR count). The van der Waals surface area contributed by atoms with Crippen LogP contribution in [0.15, 0.2) is 0 Å². The first-order chi connectivity index (χ1) is 7.56. The van der Waals surface area contributed by atoms with Crippen molar-refractivity contribution in [2.24, 2.45) is 23.2 Å². The van der Waals surface area contributed by atoms with Crippen LogP contribution >= 0.6 is 0 Å². The maximum absolute atomic E-state index is 2.59. The third kappa shape index (κ3) is 1.81. The van der Waals surface area contributed by atoms with Gasteiger partial charge in [-0.25, -0.2) is 0 Å². The van der Waals surface area contributed by atoms with Crippen molar-refractivity contribution in [1.29, 1.82) is 0 Å². The summed E-state index contributed by atoms with van der Waals surface area (Å²) in [4.78, 5) is 2.59. The van der Waals surface area contributed by atoms with Crippen LogP contribution in [0, 0.1) is 23.2 Å². The summed E-state index contributed by atoms with van der Waals surface area (Å²) in [7, 11) is 2.32. The highest BCUT2D eigenvalue weighted by Crippen LogP contribution is 2.60. The summed E-state index contributed by atoms with van der Waals surface area (Å²) in [5.41, 5.74) is 0.730. The molecule has 4 saturated carbocycles. The van der Waals surface area contributed by atoms with Crippen LogP contribution in [0.2, 0.25) is 0 Å². The lowest BCUT2D eigenvalue weighted by Gasteiger charge is -2.58. The second-order valence-corrected chi connectivity index (χ2v) is 7.43. The predicted molar refractivity (Wildman–Crippen MR) is 68.4 cm³/mol. The summed E-state index contributed by atoms with van der Waals surface area (Å²) in [6.45, 7) is 6.04. The van der Waals surface area contributed by atoms with Crippen LogP contribution in [-0.2, 0) is 0 Å². The molecule has 0 heterocycles. The first-order valence-corrected chi connectivity index (χ1v) is 7.26. The van der Waals surface area contributed by atoms with E-state index >= 15 is 0 Å². The lowest BCUT2D eigenvalue weighted by molar-refractivity contribution is -0.0692. The fourth-order valence-electron chi connectivity index (χ4n) is 5.20. The second kappa shape index (κ2) is 3.73. The first-order valence-electron chi connectivity index (χ1n) is 7.26. The lowest BCUT2D eigenvalue weighted by Crippen LogP contribution is -2.51. The van der Waals surface area contributed by atoms with Crippen LogP contribution in [-0.4, -0.2) is 24.5 Å². The molecule has 0 atom stereocenters. The lowest BCUT2D eigenvalue weighted by atomic mass is 9.49. The number of nitrogens with zero attached hydrogens (tertiary/aromatic N) is 1. The van der Waals surface area contributed by atoms with Crippen LogP contribution in [0.4, 0.5) is 0 Å². The van der Waals surface area contributed by atoms with Gasteiger partial charge in [-0.05, 0) is 82.6 Å². The molecule has 0 aliphatic heterocycles. The Morgan fingerprint density at radius 1 is 1.00 bits per heavy atom. The van der Waals surface area contributed by atoms with E-state index in [9.17, 15) is 0 Å². The van der Waals surface area contributed by atoms with Gasteiger partial charge in [0.15, 0.2) is 0 Å². The minimum atomic E-state index is 0.716. The minimum absolute atomic E-state index is 0.716. The molecule has 0 amide bonds. The van der Waals surface area contributed by atoms with Gasteiger partial charge in [0.1, 0.15) is 0 Å². The molecule has 0 aromatic heterocycles. The maximum atomic E-state index is 2.59. The molecule has 0 aromatic carbocycles. The zero-order chi connectivity index (χ0) is 11.3. The molecule has 0 unspecified atom stereocenters. The Morgan fingerprint density at radius 3 is 1.81 bits per heavy atom. The SMILES string of the molecule is CC(C)N(C)CC12CC3CC(CC(C3)C1)C2. The average Bonchev–Trinajstić information content (AvgIpc) is 2.13. The van der Waals surface area contributed by atoms with Gasteiger partial charge in [-0.2, -0.15) is 0 Å². The Kier molecular flexibility index (Phi) is 2.58. The standard InChI is InChI=1S/C15H27N/c1-11(2)16(3)10-15-7-12-4-13(8-15)6-14(5-12)9-15/h11-14H,4-10H2,1-3H3. The summed E-state index contributed by atoms with van der Waals surface area (Å²) >= 11 is 0. The van der Waals surface area contributed by atoms with Gasteiger partial charge in [-0.3, -0.25) is 0 Å². The van der Waals surface area contributed by atoms with E-state index < -0.39 is 0 Å². The highest BCUT2D eigenvalue weighted by Gasteiger charge is 2.51. The minimum Gasteiger partial charge on any atom is -0.303 e. The van der Waals surface area contributed by atoms with Gasteiger partial charge >= 0.3 is 0 Å². The van der Waals surface area contributed by atoms with Crippen LogP contribution in [0.3, 0.4) is 0 Å². The predicted octanol–water partition coefficient (Wildman–Crippen LogP) is 3.54. The molecule has 0 spiro atoms. The molecular weight excluding hydrogens is 194 g/mol. The quantitative estimate of drug-likeness (QED) is 0.704. The monoisotopic (exact) mass is 221 g/mol. The smallest absolute Gasteiger partial charge is 0.00379 e. The molecule has 1 nitrogen and oxygen atoms in total. The van der Waals surface area contributed by atoms with E-state index in [0.29, 0.717) is 6.04 Å². The first kappa shape index (κ1) is 11.1. The zero-order valence-electron chi connectivity index (χ0n) is 11.2. The van der Waals surface area contributed by atoms with Crippen LogP contribution < -0.4 is 0 Å². The van der Waals surface area contributed by atoms with Gasteiger partial charge in [0, 0.05) is 12.6 Å². The maximum Gasteiger partial charge on any atom is 0.00379 e. The van der Waals surface area contributed by atoms with Crippen molar-refractivity contribution in [3.63, 3.8) is 0 Å². The zero-order valence-corrected chi connectivity index (χ0v) is 11.2. The fraction of sp³-hybridized carbons (Fsp3) is 1.00. The second-order valence-electron chi connectivity index (χ2n) is 7.43. The highest BCUT2D eigenvalue weighted by atomic mass is 15.1. The third-order valence-corrected chi connectivity index (χ3v) is 5.63. The molecular formula is C15H27N. The molecule has 1 heteroatoms. The van der Waals surface area contributed by atoms with Crippen molar-refractivity contribution >= 4 is 0 Å². The van der Waals surface area contributed by atoms with Gasteiger partial charge in [0.05, 0.1) is 0 Å². The van der Waals surface area contributed by atoms with Gasteiger partial charge in [0.25, 0.3) is 0 Å². The number of hydrogen-bond donors (Lipinski definition) is 0. The number of hydrogen-bond acceptors (Lipinski definition) is 1. The van der Waals surface area contributed by atoms with E-state index in [4.69, 9.17) is 0 Å². The van der Waals surface area contributed by atoms with E-state index in [1.807, 2.05) is 0 Å². The Labute approximate surface area is 101 Å². The molecule has 0 radical (unpaired) electrons. The Hall–Kier alpha value is -0.0400. The summed E-state index contributed by atoms with van der Waals surface area (Å²) in [6, 6.07) is 0.716. The summed E-state index contributed by atoms with van der Waals surface area (Å²) in [5, 5.41) is 0. The van der Waals surface area contributed by atoms with Gasteiger partial charge < -0.3 is 4.90 Å². The normalized spacial score (nSPS) is 45.9. The van der Waals surface area contributed by atoms with Crippen molar-refractivity contribution in [1.82, 2.24) is 4.90 Å². The largest absolute Gasteiger partial charge is 0.303 e. The number of rotatable bonds is 3. The highest BCUT2D eigenvalue weighted by molar-refractivity contribution is 5.02. The van der Waals surface area contributed by atoms with E-state index in [0.717, 1.165) is 23.2 Å². The topological polar surface area (TPSA) is 3.24 Å². The van der Waals surface area contributed by atoms with Gasteiger partial charge in [-0.15, -0.1) is 0 Å². The molecule has 0 saturated heterocycles. The van der Waals surface area contributed by atoms with Crippen molar-refractivity contribution < 1.29 is 0 Å². The fourth-order valence-corrected chi connectivity index (χ4v) is 5.20. The average molecular weight is 221 g/mol. The van der Waals surface area contributed by atoms with E-state index in [2.05, 4.69) is 25.8 Å². The van der Waals surface area contributed by atoms with Crippen molar-refractivity contribution in [2.45, 2.75) is 58.4 Å².